The number of rotatable bonds is 7. The molecule has 1 aromatic carbocycles. The number of aromatic nitrogens is 1. The molecule has 0 unspecified atom stereocenters. The second-order valence-electron chi connectivity index (χ2n) is 12.4. The van der Waals surface area contributed by atoms with Crippen molar-refractivity contribution in [1.29, 1.82) is 0 Å². The molecule has 1 aromatic heterocycles. The van der Waals surface area contributed by atoms with Crippen LogP contribution in [0, 0.1) is 29.5 Å². The molecule has 1 N–H and O–H groups in total. The topological polar surface area (TPSA) is 79.7 Å². The van der Waals surface area contributed by atoms with Gasteiger partial charge in [0, 0.05) is 18.2 Å². The molecule has 3 fully saturated rings. The van der Waals surface area contributed by atoms with Gasteiger partial charge in [0.1, 0.15) is 0 Å². The lowest BCUT2D eigenvalue weighted by molar-refractivity contribution is -0.143. The summed E-state index contributed by atoms with van der Waals surface area (Å²) in [4.78, 5) is 33.7. The molecule has 2 aliphatic heterocycles. The van der Waals surface area contributed by atoms with Gasteiger partial charge in [-0.3, -0.25) is 19.5 Å². The van der Waals surface area contributed by atoms with E-state index >= 15 is 0 Å². The Bertz CT molecular complexity index is 1380. The zero-order valence-electron chi connectivity index (χ0n) is 23.9. The summed E-state index contributed by atoms with van der Waals surface area (Å²) in [5, 5.41) is 9.63. The summed E-state index contributed by atoms with van der Waals surface area (Å²) in [5.41, 5.74) is 4.89. The third-order valence-corrected chi connectivity index (χ3v) is 9.60. The van der Waals surface area contributed by atoms with Crippen LogP contribution in [0.2, 0.25) is 0 Å². The van der Waals surface area contributed by atoms with Crippen molar-refractivity contribution in [3.05, 3.63) is 70.8 Å². The smallest absolute Gasteiger partial charge is 0.234 e. The van der Waals surface area contributed by atoms with E-state index in [0.29, 0.717) is 31.4 Å². The Morgan fingerprint density at radius 1 is 1.12 bits per heavy atom. The Balaban J connectivity index is 1.27. The van der Waals surface area contributed by atoms with Gasteiger partial charge >= 0.3 is 0 Å². The molecule has 0 bridgehead atoms. The number of ether oxygens (including phenoxy) is 1. The third kappa shape index (κ3) is 5.25. The van der Waals surface area contributed by atoms with Crippen molar-refractivity contribution in [2.75, 3.05) is 6.61 Å². The van der Waals surface area contributed by atoms with Crippen LogP contribution in [0.3, 0.4) is 0 Å². The Morgan fingerprint density at radius 3 is 2.63 bits per heavy atom. The van der Waals surface area contributed by atoms with E-state index in [2.05, 4.69) is 18.8 Å². The lowest BCUT2D eigenvalue weighted by Gasteiger charge is -2.33. The number of amides is 2. The van der Waals surface area contributed by atoms with Crippen LogP contribution in [0.5, 0.6) is 5.75 Å². The Kier molecular flexibility index (Phi) is 7.82. The quantitative estimate of drug-likeness (QED) is 0.308. The first-order valence-electron chi connectivity index (χ1n) is 15.1. The number of pyridine rings is 1. The van der Waals surface area contributed by atoms with E-state index in [4.69, 9.17) is 4.74 Å². The summed E-state index contributed by atoms with van der Waals surface area (Å²) in [6, 6.07) is 10.1. The highest BCUT2D eigenvalue weighted by atomic mass is 19.1. The lowest BCUT2D eigenvalue weighted by Crippen LogP contribution is -2.42. The number of phenols is 1. The van der Waals surface area contributed by atoms with E-state index in [1.165, 1.54) is 29.7 Å². The summed E-state index contributed by atoms with van der Waals surface area (Å²) >= 11 is 0. The van der Waals surface area contributed by atoms with E-state index < -0.39 is 5.82 Å². The van der Waals surface area contributed by atoms with Crippen molar-refractivity contribution < 1.29 is 23.8 Å². The predicted octanol–water partition coefficient (Wildman–Crippen LogP) is 6.55. The Hall–Kier alpha value is -3.32. The van der Waals surface area contributed by atoms with Gasteiger partial charge in [-0.1, -0.05) is 50.8 Å². The van der Waals surface area contributed by atoms with Crippen molar-refractivity contribution in [2.24, 2.45) is 23.7 Å². The zero-order valence-corrected chi connectivity index (χ0v) is 23.9. The molecule has 0 radical (unpaired) electrons. The number of carbonyl (C=O) groups is 2. The molecule has 2 amide bonds. The maximum Gasteiger partial charge on any atom is 0.234 e. The van der Waals surface area contributed by atoms with Gasteiger partial charge in [0.2, 0.25) is 11.8 Å². The molecule has 216 valence electrons. The second-order valence-corrected chi connectivity index (χ2v) is 12.4. The maximum absolute atomic E-state index is 14.1. The van der Waals surface area contributed by atoms with Gasteiger partial charge in [-0.05, 0) is 85.1 Å². The fourth-order valence-electron chi connectivity index (χ4n) is 7.61. The molecule has 7 heteroatoms. The molecule has 2 aliphatic carbocycles. The number of carbonyl (C=O) groups excluding carboxylic acids is 2. The van der Waals surface area contributed by atoms with Crippen molar-refractivity contribution in [3.8, 4) is 5.75 Å². The van der Waals surface area contributed by atoms with Gasteiger partial charge in [-0.15, -0.1) is 0 Å². The molecule has 3 heterocycles. The molecular formula is C34H39FN2O4. The number of aromatic hydroxyl groups is 1. The molecule has 6 rings (SSSR count). The lowest BCUT2D eigenvalue weighted by atomic mass is 9.67. The van der Waals surface area contributed by atoms with Crippen LogP contribution in [0.25, 0.3) is 11.6 Å². The fraction of sp³-hybridized carbons (Fsp3) is 0.500. The summed E-state index contributed by atoms with van der Waals surface area (Å²) in [6.07, 6.45) is 10.7. The number of fused-ring (bicyclic) bond motifs is 3. The van der Waals surface area contributed by atoms with Crippen molar-refractivity contribution >= 4 is 23.5 Å². The van der Waals surface area contributed by atoms with Gasteiger partial charge in [0.05, 0.1) is 30.2 Å². The first-order chi connectivity index (χ1) is 19.8. The first-order valence-corrected chi connectivity index (χ1v) is 15.1. The number of benzene rings is 1. The minimum absolute atomic E-state index is 0.0184. The van der Waals surface area contributed by atoms with Crippen molar-refractivity contribution in [1.82, 2.24) is 9.88 Å². The van der Waals surface area contributed by atoms with Crippen LogP contribution in [-0.4, -0.2) is 45.6 Å². The average molecular weight is 559 g/mol. The van der Waals surface area contributed by atoms with Crippen molar-refractivity contribution in [2.45, 2.75) is 77.4 Å². The molecule has 2 saturated heterocycles. The molecular weight excluding hydrogens is 519 g/mol. The number of halogens is 1. The number of imide groups is 1. The number of allylic oxidation sites excluding steroid dienone is 2. The van der Waals surface area contributed by atoms with Crippen LogP contribution >= 0.6 is 0 Å². The minimum atomic E-state index is -0.664. The van der Waals surface area contributed by atoms with E-state index in [1.54, 1.807) is 17.2 Å². The van der Waals surface area contributed by atoms with Crippen LogP contribution in [-0.2, 0) is 14.3 Å². The van der Waals surface area contributed by atoms with Gasteiger partial charge in [0.25, 0.3) is 0 Å². The molecule has 4 atom stereocenters. The molecule has 6 nitrogen and oxygen atoms in total. The largest absolute Gasteiger partial charge is 0.505 e. The van der Waals surface area contributed by atoms with E-state index in [-0.39, 0.29) is 53.4 Å². The van der Waals surface area contributed by atoms with Crippen LogP contribution in [0.1, 0.15) is 76.5 Å². The van der Waals surface area contributed by atoms with Gasteiger partial charge in [-0.25, -0.2) is 4.39 Å². The van der Waals surface area contributed by atoms with E-state index in [9.17, 15) is 19.1 Å². The van der Waals surface area contributed by atoms with Crippen LogP contribution < -0.4 is 0 Å². The van der Waals surface area contributed by atoms with Crippen molar-refractivity contribution in [3.63, 3.8) is 0 Å². The highest BCUT2D eigenvalue weighted by Crippen LogP contribution is 2.52. The number of hydrogen-bond donors (Lipinski definition) is 1. The molecule has 2 aromatic rings. The molecule has 0 spiro atoms. The standard InChI is InChI=1S/C34H39FN2O4/c1-20(2)24-18-25-32(34(40)37(33(25)39)23-8-4-3-5-9-23)26-19-41-30(31(24)26)14-12-22(28-10-6-7-15-36-28)16-21-11-13-29(38)27(35)17-21/h6-7,10-11,13,15-17,20,23,25-26,30,32,38H,3-5,8-9,12,14,18-19H2,1-2H3/b22-16-/t25-,26+,30-,32-/m1/s1. The predicted molar refractivity (Wildman–Crippen MR) is 155 cm³/mol. The minimum Gasteiger partial charge on any atom is -0.505 e. The summed E-state index contributed by atoms with van der Waals surface area (Å²) in [6.45, 7) is 4.81. The van der Waals surface area contributed by atoms with Crippen LogP contribution in [0.4, 0.5) is 4.39 Å². The maximum atomic E-state index is 14.1. The highest BCUT2D eigenvalue weighted by molar-refractivity contribution is 6.06. The second kappa shape index (κ2) is 11.5. The number of likely N-dealkylation sites (tertiary alicyclic amines) is 1. The number of phenolic OH excluding ortho intramolecular Hbond substituents is 1. The molecule has 41 heavy (non-hydrogen) atoms. The van der Waals surface area contributed by atoms with Gasteiger partial charge in [-0.2, -0.15) is 0 Å². The van der Waals surface area contributed by atoms with Gasteiger partial charge < -0.3 is 9.84 Å². The van der Waals surface area contributed by atoms with Crippen LogP contribution in [0.15, 0.2) is 53.7 Å². The summed E-state index contributed by atoms with van der Waals surface area (Å²) in [5.74, 6) is -1.38. The third-order valence-electron chi connectivity index (χ3n) is 9.60. The van der Waals surface area contributed by atoms with Gasteiger partial charge in [0.15, 0.2) is 11.6 Å². The number of nitrogens with zero attached hydrogens (tertiary/aromatic N) is 2. The van der Waals surface area contributed by atoms with E-state index in [0.717, 1.165) is 37.0 Å². The molecule has 4 aliphatic rings. The highest BCUT2D eigenvalue weighted by Gasteiger charge is 2.58. The average Bonchev–Trinajstić information content (AvgIpc) is 3.51. The Morgan fingerprint density at radius 2 is 1.93 bits per heavy atom. The Labute approximate surface area is 241 Å². The van der Waals surface area contributed by atoms with E-state index in [1.807, 2.05) is 24.3 Å². The number of hydrogen-bond acceptors (Lipinski definition) is 5. The fourth-order valence-corrected chi connectivity index (χ4v) is 7.61. The zero-order chi connectivity index (χ0) is 28.7. The normalized spacial score (nSPS) is 27.1. The first kappa shape index (κ1) is 27.8. The summed E-state index contributed by atoms with van der Waals surface area (Å²) < 4.78 is 20.5. The molecule has 1 saturated carbocycles. The summed E-state index contributed by atoms with van der Waals surface area (Å²) in [7, 11) is 0. The SMILES string of the molecule is CC(C)C1=C2[C@@H](CC/C(=C/c3ccc(O)c(F)c3)c3ccccn3)OC[C@@H]2[C@@H]2C(=O)N(C3CCCCC3)C(=O)[C@@H]2C1. The monoisotopic (exact) mass is 558 g/mol.